The second kappa shape index (κ2) is 9.66. The number of carbonyl (C=O) groups is 1. The van der Waals surface area contributed by atoms with Gasteiger partial charge in [-0.2, -0.15) is 0 Å². The van der Waals surface area contributed by atoms with Crippen molar-refractivity contribution in [2.45, 2.75) is 57.7 Å². The summed E-state index contributed by atoms with van der Waals surface area (Å²) in [4.78, 5) is 24.2. The molecule has 0 bridgehead atoms. The monoisotopic (exact) mass is 473 g/mol. The zero-order valence-electron chi connectivity index (χ0n) is 19.4. The fourth-order valence-electron chi connectivity index (χ4n) is 4.13. The van der Waals surface area contributed by atoms with Gasteiger partial charge in [0.05, 0.1) is 6.54 Å². The number of aromatic carboxylic acids is 1. The Kier molecular flexibility index (Phi) is 6.87. The van der Waals surface area contributed by atoms with Crippen LogP contribution in [0.4, 0.5) is 0 Å². The van der Waals surface area contributed by atoms with Crippen LogP contribution in [0.2, 0.25) is 25.7 Å². The maximum absolute atomic E-state index is 12.2. The van der Waals surface area contributed by atoms with E-state index >= 15 is 0 Å². The van der Waals surface area contributed by atoms with Crippen LogP contribution in [0, 0.1) is 0 Å². The van der Waals surface area contributed by atoms with Crippen LogP contribution >= 0.6 is 0 Å². The van der Waals surface area contributed by atoms with Crippen LogP contribution in [0.5, 0.6) is 0 Å². The molecule has 0 atom stereocenters. The van der Waals surface area contributed by atoms with Gasteiger partial charge >= 0.3 is 11.7 Å². The normalized spacial score (nSPS) is 15.4. The van der Waals surface area contributed by atoms with E-state index in [-0.39, 0.29) is 19.0 Å². The number of hydrogen-bond donors (Lipinski definition) is 1. The van der Waals surface area contributed by atoms with Crippen LogP contribution < -0.4 is 5.76 Å². The highest BCUT2D eigenvalue weighted by Crippen LogP contribution is 2.31. The highest BCUT2D eigenvalue weighted by atomic mass is 28.3. The van der Waals surface area contributed by atoms with Crippen LogP contribution in [-0.2, 0) is 22.7 Å². The van der Waals surface area contributed by atoms with Crippen molar-refractivity contribution < 1.29 is 23.9 Å². The maximum Gasteiger partial charge on any atom is 0.443 e. The SMILES string of the molecule is C[Si](C)(C)CCOCn1c(Cn2c(C(=O)O)cc3cc(C4CCOCC4)ccc32)noc1=O. The van der Waals surface area contributed by atoms with Gasteiger partial charge in [0, 0.05) is 38.8 Å². The van der Waals surface area contributed by atoms with E-state index in [1.54, 1.807) is 10.6 Å². The summed E-state index contributed by atoms with van der Waals surface area (Å²) in [7, 11) is -1.25. The van der Waals surface area contributed by atoms with Crippen LogP contribution in [0.15, 0.2) is 33.6 Å². The molecule has 1 saturated heterocycles. The standard InChI is InChI=1S/C23H31N3O6Si/c1-33(2,3)11-10-31-15-26-21(24-32-23(26)29)14-25-19-5-4-17(16-6-8-30-9-7-16)12-18(19)13-20(25)22(27)28/h4-5,12-13,16H,6-11,14-15H2,1-3H3,(H,27,28). The molecule has 1 N–H and O–H groups in total. The van der Waals surface area contributed by atoms with Gasteiger partial charge in [0.25, 0.3) is 0 Å². The third-order valence-electron chi connectivity index (χ3n) is 6.11. The molecule has 0 saturated carbocycles. The van der Waals surface area contributed by atoms with Gasteiger partial charge in [-0.05, 0) is 48.6 Å². The molecule has 9 nitrogen and oxygen atoms in total. The molecule has 1 aliphatic heterocycles. The largest absolute Gasteiger partial charge is 0.477 e. The lowest BCUT2D eigenvalue weighted by atomic mass is 9.91. The summed E-state index contributed by atoms with van der Waals surface area (Å²) in [6.45, 7) is 8.92. The summed E-state index contributed by atoms with van der Waals surface area (Å²) in [6.07, 6.45) is 1.92. The average molecular weight is 474 g/mol. The molecule has 0 unspecified atom stereocenters. The lowest BCUT2D eigenvalue weighted by Crippen LogP contribution is -2.24. The maximum atomic E-state index is 12.2. The van der Waals surface area contributed by atoms with Crippen molar-refractivity contribution in [2.75, 3.05) is 19.8 Å². The summed E-state index contributed by atoms with van der Waals surface area (Å²) >= 11 is 0. The van der Waals surface area contributed by atoms with Crippen molar-refractivity contribution in [3.05, 3.63) is 51.9 Å². The molecule has 4 rings (SSSR count). The first-order valence-electron chi connectivity index (χ1n) is 11.3. The van der Waals surface area contributed by atoms with E-state index < -0.39 is 19.8 Å². The molecule has 33 heavy (non-hydrogen) atoms. The minimum atomic E-state index is -1.25. The minimum absolute atomic E-state index is 0.0254. The molecule has 1 aliphatic rings. The van der Waals surface area contributed by atoms with E-state index in [1.165, 1.54) is 10.1 Å². The molecule has 0 spiro atoms. The Morgan fingerprint density at radius 1 is 1.21 bits per heavy atom. The van der Waals surface area contributed by atoms with E-state index in [2.05, 4.69) is 36.9 Å². The fraction of sp³-hybridized carbons (Fsp3) is 0.522. The Morgan fingerprint density at radius 2 is 1.97 bits per heavy atom. The molecule has 0 amide bonds. The highest BCUT2D eigenvalue weighted by Gasteiger charge is 2.21. The van der Waals surface area contributed by atoms with Gasteiger partial charge in [-0.1, -0.05) is 30.9 Å². The number of rotatable bonds is 9. The van der Waals surface area contributed by atoms with E-state index in [4.69, 9.17) is 14.0 Å². The zero-order chi connectivity index (χ0) is 23.6. The molecule has 1 fully saturated rings. The number of ether oxygens (including phenoxy) is 2. The van der Waals surface area contributed by atoms with Crippen LogP contribution in [0.1, 0.15) is 40.6 Å². The molecule has 10 heteroatoms. The first-order chi connectivity index (χ1) is 15.7. The molecule has 1 aromatic carbocycles. The molecular formula is C23H31N3O6Si. The van der Waals surface area contributed by atoms with Crippen LogP contribution in [0.3, 0.4) is 0 Å². The number of fused-ring (bicyclic) bond motifs is 1. The van der Waals surface area contributed by atoms with Crippen molar-refractivity contribution in [2.24, 2.45) is 0 Å². The quantitative estimate of drug-likeness (QED) is 0.372. The Hall–Kier alpha value is -2.69. The van der Waals surface area contributed by atoms with Crippen LogP contribution in [-0.4, -0.2) is 53.3 Å². The zero-order valence-corrected chi connectivity index (χ0v) is 20.4. The lowest BCUT2D eigenvalue weighted by Gasteiger charge is -2.22. The van der Waals surface area contributed by atoms with E-state index in [9.17, 15) is 14.7 Å². The minimum Gasteiger partial charge on any atom is -0.477 e. The molecule has 2 aromatic heterocycles. The summed E-state index contributed by atoms with van der Waals surface area (Å²) in [5.41, 5.74) is 2.09. The first-order valence-corrected chi connectivity index (χ1v) is 15.0. The molecule has 3 heterocycles. The van der Waals surface area contributed by atoms with E-state index in [1.807, 2.05) is 6.07 Å². The van der Waals surface area contributed by atoms with Gasteiger partial charge in [0.1, 0.15) is 12.4 Å². The lowest BCUT2D eigenvalue weighted by molar-refractivity contribution is 0.0685. The van der Waals surface area contributed by atoms with Gasteiger partial charge in [0.2, 0.25) is 0 Å². The Labute approximate surface area is 192 Å². The van der Waals surface area contributed by atoms with Crippen molar-refractivity contribution in [1.29, 1.82) is 0 Å². The Morgan fingerprint density at radius 3 is 2.67 bits per heavy atom. The molecule has 178 valence electrons. The van der Waals surface area contributed by atoms with Gasteiger partial charge in [-0.25, -0.2) is 14.2 Å². The highest BCUT2D eigenvalue weighted by molar-refractivity contribution is 6.76. The smallest absolute Gasteiger partial charge is 0.443 e. The predicted octanol–water partition coefficient (Wildman–Crippen LogP) is 3.74. The number of carboxylic acids is 1. The number of hydrogen-bond acceptors (Lipinski definition) is 6. The number of nitrogens with zero attached hydrogens (tertiary/aromatic N) is 3. The second-order valence-electron chi connectivity index (χ2n) is 9.77. The topological polar surface area (TPSA) is 109 Å². The van der Waals surface area contributed by atoms with Gasteiger partial charge in [-0.15, -0.1) is 0 Å². The van der Waals surface area contributed by atoms with Crippen molar-refractivity contribution in [3.8, 4) is 0 Å². The second-order valence-corrected chi connectivity index (χ2v) is 15.4. The van der Waals surface area contributed by atoms with Gasteiger partial charge < -0.3 is 19.1 Å². The third kappa shape index (κ3) is 5.45. The van der Waals surface area contributed by atoms with Crippen molar-refractivity contribution in [3.63, 3.8) is 0 Å². The first kappa shape index (κ1) is 23.5. The predicted molar refractivity (Wildman–Crippen MR) is 126 cm³/mol. The molecule has 0 aliphatic carbocycles. The van der Waals surface area contributed by atoms with Crippen molar-refractivity contribution >= 4 is 24.9 Å². The molecule has 3 aromatic rings. The molecule has 0 radical (unpaired) electrons. The Bertz CT molecular complexity index is 1180. The number of carboxylic acid groups (broad SMARTS) is 1. The van der Waals surface area contributed by atoms with Crippen molar-refractivity contribution in [1.82, 2.24) is 14.3 Å². The number of benzene rings is 1. The van der Waals surface area contributed by atoms with E-state index in [0.717, 1.165) is 43.0 Å². The Balaban J connectivity index is 1.60. The van der Waals surface area contributed by atoms with Gasteiger partial charge in [0.15, 0.2) is 5.82 Å². The fourth-order valence-corrected chi connectivity index (χ4v) is 4.89. The average Bonchev–Trinajstić information content (AvgIpc) is 3.31. The summed E-state index contributed by atoms with van der Waals surface area (Å²) < 4.78 is 19.0. The summed E-state index contributed by atoms with van der Waals surface area (Å²) in [6, 6.07) is 8.70. The third-order valence-corrected chi connectivity index (χ3v) is 7.82. The number of aromatic nitrogens is 3. The van der Waals surface area contributed by atoms with E-state index in [0.29, 0.717) is 18.3 Å². The van der Waals surface area contributed by atoms with Crippen LogP contribution in [0.25, 0.3) is 10.9 Å². The summed E-state index contributed by atoms with van der Waals surface area (Å²) in [5.74, 6) is -0.925. The summed E-state index contributed by atoms with van der Waals surface area (Å²) in [5, 5.41) is 14.6. The van der Waals surface area contributed by atoms with Gasteiger partial charge in [-0.3, -0.25) is 4.52 Å². The molecular weight excluding hydrogens is 442 g/mol.